The minimum atomic E-state index is -0.367. The highest BCUT2D eigenvalue weighted by atomic mass is 16.3. The van der Waals surface area contributed by atoms with E-state index in [1.165, 1.54) is 6.26 Å². The number of hydrogen-bond acceptors (Lipinski definition) is 3. The molecule has 94 valence electrons. The lowest BCUT2D eigenvalue weighted by Crippen LogP contribution is -2.41. The van der Waals surface area contributed by atoms with Gasteiger partial charge in [-0.15, -0.1) is 0 Å². The van der Waals surface area contributed by atoms with Crippen molar-refractivity contribution in [1.82, 2.24) is 10.9 Å². The maximum Gasteiger partial charge on any atom is 0.273 e. The van der Waals surface area contributed by atoms with E-state index in [-0.39, 0.29) is 11.8 Å². The maximum absolute atomic E-state index is 11.6. The van der Waals surface area contributed by atoms with E-state index in [2.05, 4.69) is 10.9 Å². The molecule has 0 bridgehead atoms. The second-order valence-electron chi connectivity index (χ2n) is 4.33. The first-order chi connectivity index (χ1) is 8.00. The molecule has 17 heavy (non-hydrogen) atoms. The topological polar surface area (TPSA) is 71.3 Å². The van der Waals surface area contributed by atoms with Crippen LogP contribution in [0.4, 0.5) is 0 Å². The minimum Gasteiger partial charge on any atom is -0.469 e. The minimum absolute atomic E-state index is 0.187. The Kier molecular flexibility index (Phi) is 4.75. The molecule has 0 aliphatic heterocycles. The standard InChI is InChI=1S/C12H18N2O3/c1-8(2)4-5-11(15)13-14-12(16)10-6-7-17-9(10)3/h6-8H,4-5H2,1-3H3,(H,13,15)(H,14,16). The van der Waals surface area contributed by atoms with Crippen molar-refractivity contribution in [2.24, 2.45) is 5.92 Å². The van der Waals surface area contributed by atoms with Crippen molar-refractivity contribution in [2.75, 3.05) is 0 Å². The Morgan fingerprint density at radius 1 is 1.35 bits per heavy atom. The van der Waals surface area contributed by atoms with Crippen LogP contribution in [0, 0.1) is 12.8 Å². The van der Waals surface area contributed by atoms with Gasteiger partial charge in [0.15, 0.2) is 0 Å². The molecule has 1 heterocycles. The molecule has 1 aromatic rings. The van der Waals surface area contributed by atoms with Gasteiger partial charge in [0.05, 0.1) is 11.8 Å². The smallest absolute Gasteiger partial charge is 0.273 e. The summed E-state index contributed by atoms with van der Waals surface area (Å²) in [6.45, 7) is 5.77. The monoisotopic (exact) mass is 238 g/mol. The zero-order valence-corrected chi connectivity index (χ0v) is 10.4. The number of furan rings is 1. The van der Waals surface area contributed by atoms with Crippen molar-refractivity contribution in [3.8, 4) is 0 Å². The van der Waals surface area contributed by atoms with Gasteiger partial charge in [-0.2, -0.15) is 0 Å². The summed E-state index contributed by atoms with van der Waals surface area (Å²) in [5.41, 5.74) is 5.15. The normalized spacial score (nSPS) is 10.4. The first kappa shape index (κ1) is 13.3. The van der Waals surface area contributed by atoms with Gasteiger partial charge in [0.25, 0.3) is 5.91 Å². The predicted molar refractivity (Wildman–Crippen MR) is 63.1 cm³/mol. The summed E-state index contributed by atoms with van der Waals surface area (Å²) < 4.78 is 5.00. The molecule has 2 amide bonds. The SMILES string of the molecule is Cc1occc1C(=O)NNC(=O)CCC(C)C. The molecular formula is C12H18N2O3. The van der Waals surface area contributed by atoms with Crippen molar-refractivity contribution in [1.29, 1.82) is 0 Å². The molecule has 0 aliphatic carbocycles. The van der Waals surface area contributed by atoms with Gasteiger partial charge in [-0.3, -0.25) is 20.4 Å². The fourth-order valence-electron chi connectivity index (χ4n) is 1.30. The molecule has 1 rings (SSSR count). The fourth-order valence-corrected chi connectivity index (χ4v) is 1.30. The second-order valence-corrected chi connectivity index (χ2v) is 4.33. The Hall–Kier alpha value is -1.78. The van der Waals surface area contributed by atoms with Gasteiger partial charge in [-0.25, -0.2) is 0 Å². The van der Waals surface area contributed by atoms with Crippen LogP contribution in [0.25, 0.3) is 0 Å². The Bertz CT molecular complexity index is 396. The zero-order chi connectivity index (χ0) is 12.8. The van der Waals surface area contributed by atoms with Crippen LogP contribution >= 0.6 is 0 Å². The average molecular weight is 238 g/mol. The van der Waals surface area contributed by atoms with Gasteiger partial charge >= 0.3 is 0 Å². The van der Waals surface area contributed by atoms with Crippen molar-refractivity contribution >= 4 is 11.8 Å². The molecule has 0 radical (unpaired) electrons. The zero-order valence-electron chi connectivity index (χ0n) is 10.4. The number of hydrogen-bond donors (Lipinski definition) is 2. The highest BCUT2D eigenvalue weighted by Crippen LogP contribution is 2.07. The van der Waals surface area contributed by atoms with Crippen molar-refractivity contribution in [2.45, 2.75) is 33.6 Å². The maximum atomic E-state index is 11.6. The molecule has 5 nitrogen and oxygen atoms in total. The van der Waals surface area contributed by atoms with Gasteiger partial charge in [0.1, 0.15) is 5.76 Å². The third-order valence-electron chi connectivity index (χ3n) is 2.37. The van der Waals surface area contributed by atoms with Gasteiger partial charge in [-0.1, -0.05) is 13.8 Å². The molecule has 0 aliphatic rings. The van der Waals surface area contributed by atoms with E-state index in [0.717, 1.165) is 6.42 Å². The molecule has 2 N–H and O–H groups in total. The Labute approximate surface area is 101 Å². The van der Waals surface area contributed by atoms with Crippen molar-refractivity contribution < 1.29 is 14.0 Å². The number of nitrogens with one attached hydrogen (secondary N) is 2. The summed E-state index contributed by atoms with van der Waals surface area (Å²) in [7, 11) is 0. The number of carbonyl (C=O) groups excluding carboxylic acids is 2. The molecule has 0 saturated carbocycles. The van der Waals surface area contributed by atoms with E-state index in [9.17, 15) is 9.59 Å². The predicted octanol–water partition coefficient (Wildman–Crippen LogP) is 1.79. The fraction of sp³-hybridized carbons (Fsp3) is 0.500. The van der Waals surface area contributed by atoms with Crippen molar-refractivity contribution in [3.05, 3.63) is 23.7 Å². The van der Waals surface area contributed by atoms with Crippen LogP contribution < -0.4 is 10.9 Å². The van der Waals surface area contributed by atoms with E-state index in [0.29, 0.717) is 23.7 Å². The molecule has 0 unspecified atom stereocenters. The Morgan fingerprint density at radius 2 is 2.06 bits per heavy atom. The molecular weight excluding hydrogens is 220 g/mol. The van der Waals surface area contributed by atoms with Gasteiger partial charge in [0, 0.05) is 6.42 Å². The number of amides is 2. The van der Waals surface area contributed by atoms with E-state index < -0.39 is 0 Å². The number of carbonyl (C=O) groups is 2. The quantitative estimate of drug-likeness (QED) is 0.785. The van der Waals surface area contributed by atoms with Crippen molar-refractivity contribution in [3.63, 3.8) is 0 Å². The molecule has 1 aromatic heterocycles. The van der Waals surface area contributed by atoms with Crippen LogP contribution in [0.5, 0.6) is 0 Å². The number of aryl methyl sites for hydroxylation is 1. The first-order valence-electron chi connectivity index (χ1n) is 5.64. The molecule has 0 saturated heterocycles. The van der Waals surface area contributed by atoms with Crippen LogP contribution in [0.3, 0.4) is 0 Å². The molecule has 0 aromatic carbocycles. The third-order valence-corrected chi connectivity index (χ3v) is 2.37. The summed E-state index contributed by atoms with van der Waals surface area (Å²) in [6, 6.07) is 1.56. The van der Waals surface area contributed by atoms with E-state index in [4.69, 9.17) is 4.42 Å². The average Bonchev–Trinajstić information content (AvgIpc) is 2.69. The Morgan fingerprint density at radius 3 is 2.59 bits per heavy atom. The number of hydrazine groups is 1. The summed E-state index contributed by atoms with van der Waals surface area (Å²) in [5.74, 6) is 0.439. The van der Waals surface area contributed by atoms with Crippen LogP contribution in [-0.4, -0.2) is 11.8 Å². The summed E-state index contributed by atoms with van der Waals surface area (Å²) in [6.07, 6.45) is 2.64. The highest BCUT2D eigenvalue weighted by Gasteiger charge is 2.12. The van der Waals surface area contributed by atoms with E-state index in [1.54, 1.807) is 13.0 Å². The lowest BCUT2D eigenvalue weighted by molar-refractivity contribution is -0.122. The van der Waals surface area contributed by atoms with Crippen LogP contribution in [0.15, 0.2) is 16.7 Å². The second kappa shape index (κ2) is 6.08. The molecule has 0 fully saturated rings. The first-order valence-corrected chi connectivity index (χ1v) is 5.64. The van der Waals surface area contributed by atoms with Gasteiger partial charge in [-0.05, 0) is 25.3 Å². The van der Waals surface area contributed by atoms with Crippen LogP contribution in [0.2, 0.25) is 0 Å². The van der Waals surface area contributed by atoms with E-state index >= 15 is 0 Å². The Balaban J connectivity index is 2.34. The largest absolute Gasteiger partial charge is 0.469 e. The summed E-state index contributed by atoms with van der Waals surface area (Å²) in [4.78, 5) is 22.9. The summed E-state index contributed by atoms with van der Waals surface area (Å²) in [5, 5.41) is 0. The van der Waals surface area contributed by atoms with Gasteiger partial charge < -0.3 is 4.42 Å². The van der Waals surface area contributed by atoms with Crippen LogP contribution in [0.1, 0.15) is 42.8 Å². The third kappa shape index (κ3) is 4.30. The molecule has 0 atom stereocenters. The van der Waals surface area contributed by atoms with E-state index in [1.807, 2.05) is 13.8 Å². The summed E-state index contributed by atoms with van der Waals surface area (Å²) >= 11 is 0. The highest BCUT2D eigenvalue weighted by molar-refractivity contribution is 5.96. The number of rotatable bonds is 4. The molecule has 0 spiro atoms. The molecule has 5 heteroatoms. The van der Waals surface area contributed by atoms with Crippen LogP contribution in [-0.2, 0) is 4.79 Å². The van der Waals surface area contributed by atoms with Gasteiger partial charge in [0.2, 0.25) is 5.91 Å². The lowest BCUT2D eigenvalue weighted by atomic mass is 10.1. The lowest BCUT2D eigenvalue weighted by Gasteiger charge is -2.07.